The number of benzene rings is 1. The summed E-state index contributed by atoms with van der Waals surface area (Å²) < 4.78 is 70.9. The topological polar surface area (TPSA) is 92.1 Å². The number of rotatable bonds is 5. The quantitative estimate of drug-likeness (QED) is 0.790. The van der Waals surface area contributed by atoms with Crippen molar-refractivity contribution < 1.29 is 26.3 Å². The van der Waals surface area contributed by atoms with Crippen LogP contribution in [0.4, 0.5) is 13.2 Å². The van der Waals surface area contributed by atoms with E-state index in [2.05, 4.69) is 9.71 Å². The van der Waals surface area contributed by atoms with Crippen molar-refractivity contribution in [3.63, 3.8) is 0 Å². The minimum atomic E-state index is -4.45. The number of aromatic nitrogens is 1. The standard InChI is InChI=1S/C19H18F3N3O3S/c20-19(21,22)14-3-10-18(24-12-14)28-16-6-4-15(5-7-16)25-29(26,27)17-8-1-13(11-23)2-9-17/h1-3,8-10,12,15-16,25H,4-7H2. The van der Waals surface area contributed by atoms with Crippen LogP contribution in [0.1, 0.15) is 36.8 Å². The van der Waals surface area contributed by atoms with Crippen molar-refractivity contribution in [2.75, 3.05) is 0 Å². The molecule has 0 aliphatic heterocycles. The van der Waals surface area contributed by atoms with Crippen LogP contribution in [0.3, 0.4) is 0 Å². The van der Waals surface area contributed by atoms with Crippen molar-refractivity contribution >= 4 is 10.0 Å². The van der Waals surface area contributed by atoms with Crippen LogP contribution in [0.5, 0.6) is 5.88 Å². The fourth-order valence-corrected chi connectivity index (χ4v) is 4.39. The molecule has 0 bridgehead atoms. The third-order valence-electron chi connectivity index (χ3n) is 4.64. The van der Waals surface area contributed by atoms with E-state index in [0.717, 1.165) is 12.3 Å². The summed E-state index contributed by atoms with van der Waals surface area (Å²) in [5.41, 5.74) is -0.468. The summed E-state index contributed by atoms with van der Waals surface area (Å²) in [6.45, 7) is 0. The van der Waals surface area contributed by atoms with E-state index in [-0.39, 0.29) is 22.9 Å². The van der Waals surface area contributed by atoms with Crippen LogP contribution in [0.2, 0.25) is 0 Å². The summed E-state index contributed by atoms with van der Waals surface area (Å²) in [6, 6.07) is 9.41. The Kier molecular flexibility index (Phi) is 6.10. The lowest BCUT2D eigenvalue weighted by Gasteiger charge is -2.29. The Labute approximate surface area is 166 Å². The number of ether oxygens (including phenoxy) is 1. The fraction of sp³-hybridized carbons (Fsp3) is 0.368. The monoisotopic (exact) mass is 425 g/mol. The Bertz CT molecular complexity index is 977. The molecule has 1 heterocycles. The van der Waals surface area contributed by atoms with Crippen LogP contribution in [0.15, 0.2) is 47.5 Å². The first-order chi connectivity index (χ1) is 13.7. The molecule has 3 rings (SSSR count). The summed E-state index contributed by atoms with van der Waals surface area (Å²) >= 11 is 0. The highest BCUT2D eigenvalue weighted by Gasteiger charge is 2.31. The third-order valence-corrected chi connectivity index (χ3v) is 6.18. The van der Waals surface area contributed by atoms with Gasteiger partial charge in [-0.25, -0.2) is 18.1 Å². The second kappa shape index (κ2) is 8.39. The van der Waals surface area contributed by atoms with Crippen molar-refractivity contribution in [1.82, 2.24) is 9.71 Å². The number of nitriles is 1. The molecule has 1 fully saturated rings. The van der Waals surface area contributed by atoms with Gasteiger partial charge in [0.05, 0.1) is 22.1 Å². The van der Waals surface area contributed by atoms with Gasteiger partial charge in [0, 0.05) is 18.3 Å². The van der Waals surface area contributed by atoms with Gasteiger partial charge in [0.1, 0.15) is 6.10 Å². The summed E-state index contributed by atoms with van der Waals surface area (Å²) in [5, 5.41) is 8.79. The highest BCUT2D eigenvalue weighted by molar-refractivity contribution is 7.89. The molecule has 0 atom stereocenters. The van der Waals surface area contributed by atoms with Crippen LogP contribution in [-0.4, -0.2) is 25.5 Å². The van der Waals surface area contributed by atoms with Crippen molar-refractivity contribution in [3.8, 4) is 11.9 Å². The Hall–Kier alpha value is -2.64. The first-order valence-electron chi connectivity index (χ1n) is 8.90. The van der Waals surface area contributed by atoms with Gasteiger partial charge in [0.25, 0.3) is 0 Å². The predicted octanol–water partition coefficient (Wildman–Crippen LogP) is 3.64. The molecule has 0 spiro atoms. The zero-order valence-corrected chi connectivity index (χ0v) is 16.0. The molecule has 0 saturated heterocycles. The first-order valence-corrected chi connectivity index (χ1v) is 10.4. The van der Waals surface area contributed by atoms with Gasteiger partial charge in [-0.2, -0.15) is 18.4 Å². The maximum atomic E-state index is 12.6. The molecule has 1 N–H and O–H groups in total. The number of sulfonamides is 1. The molecule has 29 heavy (non-hydrogen) atoms. The number of nitrogens with zero attached hydrogens (tertiary/aromatic N) is 2. The summed E-state index contributed by atoms with van der Waals surface area (Å²) in [4.78, 5) is 3.78. The summed E-state index contributed by atoms with van der Waals surface area (Å²) in [5.74, 6) is 0.111. The molecule has 1 aliphatic rings. The number of nitrogens with one attached hydrogen (secondary N) is 1. The van der Waals surface area contributed by atoms with E-state index in [1.807, 2.05) is 6.07 Å². The number of alkyl halides is 3. The van der Waals surface area contributed by atoms with Gasteiger partial charge in [0.15, 0.2) is 0 Å². The zero-order valence-electron chi connectivity index (χ0n) is 15.2. The Morgan fingerprint density at radius 3 is 2.24 bits per heavy atom. The highest BCUT2D eigenvalue weighted by atomic mass is 32.2. The molecule has 0 amide bonds. The predicted molar refractivity (Wildman–Crippen MR) is 97.4 cm³/mol. The lowest BCUT2D eigenvalue weighted by molar-refractivity contribution is -0.137. The molecule has 154 valence electrons. The second-order valence-electron chi connectivity index (χ2n) is 6.73. The first kappa shape index (κ1) is 21.1. The normalized spacial score (nSPS) is 20.1. The third kappa shape index (κ3) is 5.46. The van der Waals surface area contributed by atoms with Crippen LogP contribution in [0, 0.1) is 11.3 Å². The number of hydrogen-bond donors (Lipinski definition) is 1. The van der Waals surface area contributed by atoms with Crippen molar-refractivity contribution in [3.05, 3.63) is 53.7 Å². The molecule has 10 heteroatoms. The van der Waals surface area contributed by atoms with Gasteiger partial charge in [0.2, 0.25) is 15.9 Å². The SMILES string of the molecule is N#Cc1ccc(S(=O)(=O)NC2CCC(Oc3ccc(C(F)(F)F)cn3)CC2)cc1. The summed E-state index contributed by atoms with van der Waals surface area (Å²) in [6.07, 6.45) is -1.81. The van der Waals surface area contributed by atoms with Gasteiger partial charge >= 0.3 is 6.18 Å². The van der Waals surface area contributed by atoms with Crippen LogP contribution >= 0.6 is 0 Å². The second-order valence-corrected chi connectivity index (χ2v) is 8.45. The van der Waals surface area contributed by atoms with E-state index in [4.69, 9.17) is 10.00 Å². The molecule has 6 nitrogen and oxygen atoms in total. The average Bonchev–Trinajstić information content (AvgIpc) is 2.69. The Morgan fingerprint density at radius 2 is 1.72 bits per heavy atom. The van der Waals surface area contributed by atoms with Crippen LogP contribution in [0.25, 0.3) is 0 Å². The smallest absolute Gasteiger partial charge is 0.417 e. The molecule has 2 aromatic rings. The Balaban J connectivity index is 1.53. The van der Waals surface area contributed by atoms with E-state index < -0.39 is 21.8 Å². The lowest BCUT2D eigenvalue weighted by atomic mass is 9.94. The molecule has 1 saturated carbocycles. The van der Waals surface area contributed by atoms with E-state index >= 15 is 0 Å². The minimum absolute atomic E-state index is 0.0869. The van der Waals surface area contributed by atoms with Crippen LogP contribution < -0.4 is 9.46 Å². The van der Waals surface area contributed by atoms with E-state index in [9.17, 15) is 21.6 Å². The van der Waals surface area contributed by atoms with Crippen molar-refractivity contribution in [2.24, 2.45) is 0 Å². The number of halogens is 3. The van der Waals surface area contributed by atoms with Gasteiger partial charge in [-0.3, -0.25) is 0 Å². The van der Waals surface area contributed by atoms with Gasteiger partial charge in [-0.1, -0.05) is 0 Å². The molecule has 0 radical (unpaired) electrons. The van der Waals surface area contributed by atoms with E-state index in [0.29, 0.717) is 31.2 Å². The van der Waals surface area contributed by atoms with E-state index in [1.54, 1.807) is 0 Å². The van der Waals surface area contributed by atoms with E-state index in [1.165, 1.54) is 30.3 Å². The van der Waals surface area contributed by atoms with Gasteiger partial charge in [-0.15, -0.1) is 0 Å². The maximum Gasteiger partial charge on any atom is 0.417 e. The summed E-state index contributed by atoms with van der Waals surface area (Å²) in [7, 11) is -3.70. The average molecular weight is 425 g/mol. The molecule has 0 unspecified atom stereocenters. The largest absolute Gasteiger partial charge is 0.474 e. The fourth-order valence-electron chi connectivity index (χ4n) is 3.08. The highest BCUT2D eigenvalue weighted by Crippen LogP contribution is 2.30. The molecular formula is C19H18F3N3O3S. The molecule has 1 aliphatic carbocycles. The van der Waals surface area contributed by atoms with Crippen molar-refractivity contribution in [1.29, 1.82) is 5.26 Å². The maximum absolute atomic E-state index is 12.6. The number of hydrogen-bond acceptors (Lipinski definition) is 5. The van der Waals surface area contributed by atoms with Gasteiger partial charge in [-0.05, 0) is 56.0 Å². The van der Waals surface area contributed by atoms with Crippen molar-refractivity contribution in [2.45, 2.75) is 48.9 Å². The number of pyridine rings is 1. The molecular weight excluding hydrogens is 407 g/mol. The van der Waals surface area contributed by atoms with Gasteiger partial charge < -0.3 is 4.74 Å². The van der Waals surface area contributed by atoms with Crippen LogP contribution in [-0.2, 0) is 16.2 Å². The Morgan fingerprint density at radius 1 is 1.07 bits per heavy atom. The minimum Gasteiger partial charge on any atom is -0.474 e. The molecule has 1 aromatic carbocycles. The lowest BCUT2D eigenvalue weighted by Crippen LogP contribution is -2.39. The zero-order chi connectivity index (χ0) is 21.1. The molecule has 1 aromatic heterocycles.